The normalized spacial score (nSPS) is 26.8. The van der Waals surface area contributed by atoms with E-state index < -0.39 is 0 Å². The average molecular weight is 216 g/mol. The fraction of sp³-hybridized carbons (Fsp3) is 1.00. The minimum atomic E-state index is -0.0434. The summed E-state index contributed by atoms with van der Waals surface area (Å²) in [5, 5.41) is 9.50. The molecule has 2 atom stereocenters. The fourth-order valence-corrected chi connectivity index (χ4v) is 2.24. The van der Waals surface area contributed by atoms with Gasteiger partial charge in [0.2, 0.25) is 0 Å². The predicted octanol–water partition coefficient (Wildman–Crippen LogP) is 1.98. The van der Waals surface area contributed by atoms with Crippen LogP contribution in [0.4, 0.5) is 0 Å². The van der Waals surface area contributed by atoms with Crippen LogP contribution in [0, 0.1) is 5.92 Å². The molecule has 1 aliphatic rings. The van der Waals surface area contributed by atoms with E-state index in [2.05, 4.69) is 0 Å². The largest absolute Gasteiger partial charge is 0.393 e. The molecule has 0 bridgehead atoms. The number of ether oxygens (including phenoxy) is 2. The van der Waals surface area contributed by atoms with Crippen molar-refractivity contribution in [3.8, 4) is 0 Å². The first-order chi connectivity index (χ1) is 7.33. The molecule has 0 radical (unpaired) electrons. The number of hydrogen-bond donors (Lipinski definition) is 1. The molecule has 2 unspecified atom stereocenters. The second-order valence-electron chi connectivity index (χ2n) is 4.43. The van der Waals surface area contributed by atoms with Crippen LogP contribution in [0.2, 0.25) is 0 Å². The van der Waals surface area contributed by atoms with Crippen LogP contribution in [0.3, 0.4) is 0 Å². The summed E-state index contributed by atoms with van der Waals surface area (Å²) in [7, 11) is 1.69. The highest BCUT2D eigenvalue weighted by molar-refractivity contribution is 4.71. The fourth-order valence-electron chi connectivity index (χ4n) is 2.24. The van der Waals surface area contributed by atoms with Gasteiger partial charge in [0.15, 0.2) is 0 Å². The van der Waals surface area contributed by atoms with Crippen molar-refractivity contribution < 1.29 is 14.6 Å². The summed E-state index contributed by atoms with van der Waals surface area (Å²) in [6, 6.07) is 0. The monoisotopic (exact) mass is 216 g/mol. The Morgan fingerprint density at radius 1 is 1.20 bits per heavy atom. The van der Waals surface area contributed by atoms with Gasteiger partial charge in [-0.1, -0.05) is 12.8 Å². The van der Waals surface area contributed by atoms with Crippen LogP contribution >= 0.6 is 0 Å². The van der Waals surface area contributed by atoms with Crippen molar-refractivity contribution in [2.24, 2.45) is 5.92 Å². The third kappa shape index (κ3) is 6.13. The Morgan fingerprint density at radius 3 is 2.80 bits per heavy atom. The molecular formula is C12H24O3. The Labute approximate surface area is 92.8 Å². The lowest BCUT2D eigenvalue weighted by atomic mass is 9.84. The average Bonchev–Trinajstić information content (AvgIpc) is 2.23. The van der Waals surface area contributed by atoms with Crippen LogP contribution in [0.15, 0.2) is 0 Å². The number of methoxy groups -OCH3 is 1. The van der Waals surface area contributed by atoms with Crippen LogP contribution in [-0.4, -0.2) is 38.1 Å². The third-order valence-corrected chi connectivity index (χ3v) is 3.09. The molecule has 15 heavy (non-hydrogen) atoms. The summed E-state index contributed by atoms with van der Waals surface area (Å²) in [6.07, 6.45) is 6.74. The zero-order chi connectivity index (χ0) is 10.9. The van der Waals surface area contributed by atoms with Gasteiger partial charge in [0.1, 0.15) is 0 Å². The van der Waals surface area contributed by atoms with E-state index in [1.165, 1.54) is 19.3 Å². The van der Waals surface area contributed by atoms with Crippen molar-refractivity contribution in [2.45, 2.75) is 44.6 Å². The molecule has 0 aromatic rings. The van der Waals surface area contributed by atoms with Gasteiger partial charge in [-0.2, -0.15) is 0 Å². The van der Waals surface area contributed by atoms with Crippen LogP contribution < -0.4 is 0 Å². The summed E-state index contributed by atoms with van der Waals surface area (Å²) in [4.78, 5) is 0. The lowest BCUT2D eigenvalue weighted by Gasteiger charge is -2.25. The van der Waals surface area contributed by atoms with E-state index in [1.807, 2.05) is 0 Å². The van der Waals surface area contributed by atoms with Crippen LogP contribution in [0.1, 0.15) is 38.5 Å². The predicted molar refractivity (Wildman–Crippen MR) is 59.9 cm³/mol. The molecule has 1 aliphatic carbocycles. The van der Waals surface area contributed by atoms with Crippen LogP contribution in [0.5, 0.6) is 0 Å². The summed E-state index contributed by atoms with van der Waals surface area (Å²) < 4.78 is 10.3. The van der Waals surface area contributed by atoms with E-state index in [9.17, 15) is 5.11 Å². The van der Waals surface area contributed by atoms with Gasteiger partial charge in [0, 0.05) is 13.7 Å². The van der Waals surface area contributed by atoms with Crippen LogP contribution in [-0.2, 0) is 9.47 Å². The maximum absolute atomic E-state index is 9.50. The summed E-state index contributed by atoms with van der Waals surface area (Å²) in [5.41, 5.74) is 0. The Bertz CT molecular complexity index is 150. The maximum atomic E-state index is 9.50. The zero-order valence-electron chi connectivity index (χ0n) is 9.78. The number of aliphatic hydroxyl groups is 1. The molecule has 3 heteroatoms. The summed E-state index contributed by atoms with van der Waals surface area (Å²) >= 11 is 0. The summed E-state index contributed by atoms with van der Waals surface area (Å²) in [6.45, 7) is 2.21. The number of aliphatic hydroxyl groups excluding tert-OH is 1. The molecule has 0 aliphatic heterocycles. The lowest BCUT2D eigenvalue weighted by Crippen LogP contribution is -2.19. The SMILES string of the molecule is COCCOCCCC1CCCC(O)C1. The Kier molecular flexibility index (Phi) is 6.98. The highest BCUT2D eigenvalue weighted by Crippen LogP contribution is 2.27. The second kappa shape index (κ2) is 8.08. The molecule has 0 heterocycles. The van der Waals surface area contributed by atoms with Gasteiger partial charge >= 0.3 is 0 Å². The molecule has 1 rings (SSSR count). The molecule has 0 spiro atoms. The van der Waals surface area contributed by atoms with Crippen LogP contribution in [0.25, 0.3) is 0 Å². The Morgan fingerprint density at radius 2 is 2.07 bits per heavy atom. The highest BCUT2D eigenvalue weighted by atomic mass is 16.5. The van der Waals surface area contributed by atoms with E-state index in [-0.39, 0.29) is 6.10 Å². The molecule has 1 N–H and O–H groups in total. The smallest absolute Gasteiger partial charge is 0.0700 e. The van der Waals surface area contributed by atoms with E-state index in [1.54, 1.807) is 7.11 Å². The van der Waals surface area contributed by atoms with Gasteiger partial charge < -0.3 is 14.6 Å². The first-order valence-electron chi connectivity index (χ1n) is 6.07. The minimum Gasteiger partial charge on any atom is -0.393 e. The molecule has 1 fully saturated rings. The van der Waals surface area contributed by atoms with Crippen molar-refractivity contribution in [1.29, 1.82) is 0 Å². The van der Waals surface area contributed by atoms with E-state index in [0.29, 0.717) is 13.2 Å². The van der Waals surface area contributed by atoms with E-state index in [0.717, 1.165) is 31.8 Å². The number of hydrogen-bond acceptors (Lipinski definition) is 3. The van der Waals surface area contributed by atoms with Crippen molar-refractivity contribution in [1.82, 2.24) is 0 Å². The summed E-state index contributed by atoms with van der Waals surface area (Å²) in [5.74, 6) is 0.722. The molecule has 0 amide bonds. The third-order valence-electron chi connectivity index (χ3n) is 3.09. The van der Waals surface area contributed by atoms with Crippen molar-refractivity contribution in [2.75, 3.05) is 26.9 Å². The first kappa shape index (κ1) is 12.9. The van der Waals surface area contributed by atoms with Crippen molar-refractivity contribution in [3.05, 3.63) is 0 Å². The minimum absolute atomic E-state index is 0.0434. The highest BCUT2D eigenvalue weighted by Gasteiger charge is 2.19. The standard InChI is InChI=1S/C12H24O3/c1-14-8-9-15-7-3-5-11-4-2-6-12(13)10-11/h11-13H,2-10H2,1H3. The zero-order valence-corrected chi connectivity index (χ0v) is 9.78. The number of rotatable bonds is 7. The molecule has 0 aromatic heterocycles. The lowest BCUT2D eigenvalue weighted by molar-refractivity contribution is 0.0610. The van der Waals surface area contributed by atoms with Gasteiger partial charge in [0.05, 0.1) is 19.3 Å². The first-order valence-corrected chi connectivity index (χ1v) is 6.07. The molecule has 1 saturated carbocycles. The molecule has 0 aromatic carbocycles. The van der Waals surface area contributed by atoms with Gasteiger partial charge in [-0.15, -0.1) is 0 Å². The Balaban J connectivity index is 1.90. The van der Waals surface area contributed by atoms with Gasteiger partial charge in [-0.05, 0) is 31.6 Å². The quantitative estimate of drug-likeness (QED) is 0.661. The van der Waals surface area contributed by atoms with Crippen molar-refractivity contribution in [3.63, 3.8) is 0 Å². The Hall–Kier alpha value is -0.120. The van der Waals surface area contributed by atoms with Gasteiger partial charge in [-0.25, -0.2) is 0 Å². The van der Waals surface area contributed by atoms with Gasteiger partial charge in [0.25, 0.3) is 0 Å². The molecule has 3 nitrogen and oxygen atoms in total. The second-order valence-corrected chi connectivity index (χ2v) is 4.43. The molecular weight excluding hydrogens is 192 g/mol. The maximum Gasteiger partial charge on any atom is 0.0700 e. The molecule has 0 saturated heterocycles. The van der Waals surface area contributed by atoms with E-state index >= 15 is 0 Å². The van der Waals surface area contributed by atoms with E-state index in [4.69, 9.17) is 9.47 Å². The molecule has 90 valence electrons. The topological polar surface area (TPSA) is 38.7 Å². The van der Waals surface area contributed by atoms with Crippen molar-refractivity contribution >= 4 is 0 Å². The van der Waals surface area contributed by atoms with Gasteiger partial charge in [-0.3, -0.25) is 0 Å².